The van der Waals surface area contributed by atoms with Gasteiger partial charge < -0.3 is 10.4 Å². The topological polar surface area (TPSA) is 49.3 Å². The molecule has 0 bridgehead atoms. The molecule has 3 heteroatoms. The molecular weight excluding hydrogens is 130 g/mol. The van der Waals surface area contributed by atoms with E-state index in [1.54, 1.807) is 13.8 Å². The maximum absolute atomic E-state index is 9.94. The molecule has 1 aliphatic rings. The van der Waals surface area contributed by atoms with Gasteiger partial charge in [0.2, 0.25) is 6.41 Å². The number of nitrogens with one attached hydrogen (secondary N) is 1. The number of carbonyl (C=O) groups is 1. The summed E-state index contributed by atoms with van der Waals surface area (Å²) < 4.78 is 0. The highest BCUT2D eigenvalue weighted by Gasteiger charge is 2.46. The fraction of sp³-hybridized carbons (Fsp3) is 0.857. The third-order valence-corrected chi connectivity index (χ3v) is 1.98. The van der Waals surface area contributed by atoms with Crippen LogP contribution >= 0.6 is 0 Å². The monoisotopic (exact) mass is 143 g/mol. The van der Waals surface area contributed by atoms with Crippen molar-refractivity contribution in [3.63, 3.8) is 0 Å². The standard InChI is InChI=1S/C7H13NO2/c1-7(2,10)5-3-6(5)8-4-9/h4-6,10H,3H2,1-2H3,(H,8,9). The number of hydrogen-bond acceptors (Lipinski definition) is 2. The van der Waals surface area contributed by atoms with Gasteiger partial charge in [-0.05, 0) is 20.3 Å². The lowest BCUT2D eigenvalue weighted by Crippen LogP contribution is -2.28. The molecule has 1 saturated carbocycles. The molecule has 0 aromatic heterocycles. The second kappa shape index (κ2) is 2.23. The highest BCUT2D eigenvalue weighted by atomic mass is 16.3. The van der Waals surface area contributed by atoms with Crippen LogP contribution in [0.1, 0.15) is 20.3 Å². The molecule has 0 heterocycles. The summed E-state index contributed by atoms with van der Waals surface area (Å²) in [7, 11) is 0. The van der Waals surface area contributed by atoms with Crippen molar-refractivity contribution in [2.45, 2.75) is 31.9 Å². The first kappa shape index (κ1) is 7.54. The van der Waals surface area contributed by atoms with E-state index in [1.807, 2.05) is 0 Å². The Morgan fingerprint density at radius 3 is 2.60 bits per heavy atom. The zero-order valence-electron chi connectivity index (χ0n) is 6.29. The van der Waals surface area contributed by atoms with Crippen LogP contribution in [0.3, 0.4) is 0 Å². The smallest absolute Gasteiger partial charge is 0.207 e. The van der Waals surface area contributed by atoms with Gasteiger partial charge >= 0.3 is 0 Å². The Morgan fingerprint density at radius 1 is 1.70 bits per heavy atom. The van der Waals surface area contributed by atoms with Gasteiger partial charge in [0, 0.05) is 12.0 Å². The first-order valence-corrected chi connectivity index (χ1v) is 3.48. The van der Waals surface area contributed by atoms with Crippen LogP contribution in [0.5, 0.6) is 0 Å². The quantitative estimate of drug-likeness (QED) is 0.542. The fourth-order valence-corrected chi connectivity index (χ4v) is 1.25. The minimum Gasteiger partial charge on any atom is -0.390 e. The number of aliphatic hydroxyl groups is 1. The summed E-state index contributed by atoms with van der Waals surface area (Å²) in [6.07, 6.45) is 1.60. The fourth-order valence-electron chi connectivity index (χ4n) is 1.25. The van der Waals surface area contributed by atoms with E-state index in [0.717, 1.165) is 6.42 Å². The van der Waals surface area contributed by atoms with Gasteiger partial charge in [-0.2, -0.15) is 0 Å². The van der Waals surface area contributed by atoms with Crippen molar-refractivity contribution in [3.8, 4) is 0 Å². The van der Waals surface area contributed by atoms with Crippen molar-refractivity contribution >= 4 is 6.41 Å². The Morgan fingerprint density at radius 2 is 2.30 bits per heavy atom. The van der Waals surface area contributed by atoms with Gasteiger partial charge in [0.15, 0.2) is 0 Å². The van der Waals surface area contributed by atoms with Crippen molar-refractivity contribution in [2.75, 3.05) is 0 Å². The summed E-state index contributed by atoms with van der Waals surface area (Å²) in [4.78, 5) is 9.94. The average Bonchev–Trinajstić information content (AvgIpc) is 2.44. The molecule has 1 amide bonds. The van der Waals surface area contributed by atoms with Gasteiger partial charge in [0.25, 0.3) is 0 Å². The number of rotatable bonds is 3. The Kier molecular flexibility index (Phi) is 1.68. The predicted molar refractivity (Wildman–Crippen MR) is 37.4 cm³/mol. The lowest BCUT2D eigenvalue weighted by molar-refractivity contribution is -0.109. The molecule has 1 fully saturated rings. The van der Waals surface area contributed by atoms with E-state index in [0.29, 0.717) is 6.41 Å². The van der Waals surface area contributed by atoms with E-state index in [4.69, 9.17) is 0 Å². The van der Waals surface area contributed by atoms with Gasteiger partial charge in [0.05, 0.1) is 5.60 Å². The van der Waals surface area contributed by atoms with Crippen molar-refractivity contribution in [2.24, 2.45) is 5.92 Å². The van der Waals surface area contributed by atoms with Gasteiger partial charge in [-0.3, -0.25) is 4.79 Å². The van der Waals surface area contributed by atoms with Gasteiger partial charge in [0.1, 0.15) is 0 Å². The minimum atomic E-state index is -0.638. The highest BCUT2D eigenvalue weighted by molar-refractivity contribution is 5.47. The third kappa shape index (κ3) is 1.48. The van der Waals surface area contributed by atoms with Crippen LogP contribution in [0.25, 0.3) is 0 Å². The molecule has 3 nitrogen and oxygen atoms in total. The van der Waals surface area contributed by atoms with Crippen LogP contribution in [0, 0.1) is 5.92 Å². The van der Waals surface area contributed by atoms with Crippen molar-refractivity contribution in [1.29, 1.82) is 0 Å². The lowest BCUT2D eigenvalue weighted by atomic mass is 10.0. The predicted octanol–water partition coefficient (Wildman–Crippen LogP) is -0.108. The second-order valence-corrected chi connectivity index (χ2v) is 3.39. The molecule has 1 rings (SSSR count). The molecule has 2 unspecified atom stereocenters. The van der Waals surface area contributed by atoms with Gasteiger partial charge in [-0.1, -0.05) is 0 Å². The Bertz CT molecular complexity index is 139. The number of amides is 1. The van der Waals surface area contributed by atoms with Crippen LogP contribution in [0.2, 0.25) is 0 Å². The molecule has 0 aromatic rings. The lowest BCUT2D eigenvalue weighted by Gasteiger charge is -2.16. The van der Waals surface area contributed by atoms with Crippen molar-refractivity contribution in [1.82, 2.24) is 5.32 Å². The summed E-state index contributed by atoms with van der Waals surface area (Å²) in [5.74, 6) is 0.248. The molecule has 10 heavy (non-hydrogen) atoms. The van der Waals surface area contributed by atoms with E-state index in [2.05, 4.69) is 5.32 Å². The SMILES string of the molecule is CC(C)(O)C1CC1NC=O. The summed E-state index contributed by atoms with van der Waals surface area (Å²) in [5.41, 5.74) is -0.638. The molecule has 2 N–H and O–H groups in total. The maximum Gasteiger partial charge on any atom is 0.207 e. The van der Waals surface area contributed by atoms with E-state index < -0.39 is 5.60 Å². The Hall–Kier alpha value is -0.570. The second-order valence-electron chi connectivity index (χ2n) is 3.39. The van der Waals surface area contributed by atoms with Crippen molar-refractivity contribution < 1.29 is 9.90 Å². The Labute approximate surface area is 60.4 Å². The van der Waals surface area contributed by atoms with Gasteiger partial charge in [-0.15, -0.1) is 0 Å². The first-order valence-electron chi connectivity index (χ1n) is 3.48. The minimum absolute atomic E-state index is 0.206. The molecule has 0 spiro atoms. The molecule has 0 aliphatic heterocycles. The van der Waals surface area contributed by atoms with Crippen LogP contribution in [-0.2, 0) is 4.79 Å². The Balaban J connectivity index is 2.31. The van der Waals surface area contributed by atoms with Gasteiger partial charge in [-0.25, -0.2) is 0 Å². The summed E-state index contributed by atoms with van der Waals surface area (Å²) >= 11 is 0. The number of hydrogen-bond donors (Lipinski definition) is 2. The zero-order valence-corrected chi connectivity index (χ0v) is 6.29. The van der Waals surface area contributed by atoms with Crippen LogP contribution in [0.4, 0.5) is 0 Å². The normalized spacial score (nSPS) is 31.5. The van der Waals surface area contributed by atoms with Crippen LogP contribution < -0.4 is 5.32 Å². The maximum atomic E-state index is 9.94. The molecule has 1 aliphatic carbocycles. The molecular formula is C7H13NO2. The summed E-state index contributed by atoms with van der Waals surface area (Å²) in [6.45, 7) is 3.54. The van der Waals surface area contributed by atoms with Crippen molar-refractivity contribution in [3.05, 3.63) is 0 Å². The molecule has 0 saturated heterocycles. The first-order chi connectivity index (χ1) is 4.55. The molecule has 2 atom stereocenters. The van der Waals surface area contributed by atoms with E-state index >= 15 is 0 Å². The van der Waals surface area contributed by atoms with E-state index in [-0.39, 0.29) is 12.0 Å². The van der Waals surface area contributed by atoms with E-state index in [1.165, 1.54) is 0 Å². The largest absolute Gasteiger partial charge is 0.390 e. The third-order valence-electron chi connectivity index (χ3n) is 1.98. The molecule has 0 radical (unpaired) electrons. The number of carbonyl (C=O) groups excluding carboxylic acids is 1. The average molecular weight is 143 g/mol. The summed E-state index contributed by atoms with van der Waals surface area (Å²) in [6, 6.07) is 0.206. The van der Waals surface area contributed by atoms with E-state index in [9.17, 15) is 9.90 Å². The highest BCUT2D eigenvalue weighted by Crippen LogP contribution is 2.39. The summed E-state index contributed by atoms with van der Waals surface area (Å²) in [5, 5.41) is 12.0. The van der Waals surface area contributed by atoms with Crippen LogP contribution in [0.15, 0.2) is 0 Å². The molecule has 58 valence electrons. The molecule has 0 aromatic carbocycles. The zero-order chi connectivity index (χ0) is 7.78. The van der Waals surface area contributed by atoms with Crippen LogP contribution in [-0.4, -0.2) is 23.2 Å².